The van der Waals surface area contributed by atoms with Crippen molar-refractivity contribution in [1.29, 1.82) is 0 Å². The fourth-order valence-electron chi connectivity index (χ4n) is 1.96. The zero-order valence-electron chi connectivity index (χ0n) is 10.9. The Labute approximate surface area is 110 Å². The first-order valence-corrected chi connectivity index (χ1v) is 6.08. The molecule has 0 radical (unpaired) electrons. The lowest BCUT2D eigenvalue weighted by Gasteiger charge is -2.08. The second kappa shape index (κ2) is 5.65. The van der Waals surface area contributed by atoms with Crippen LogP contribution < -0.4 is 0 Å². The van der Waals surface area contributed by atoms with E-state index in [9.17, 15) is 9.18 Å². The number of carbonyl (C=O) groups is 1. The van der Waals surface area contributed by atoms with Gasteiger partial charge in [-0.2, -0.15) is 5.10 Å². The van der Waals surface area contributed by atoms with E-state index in [1.807, 2.05) is 6.92 Å². The molecule has 0 saturated carbocycles. The molecule has 100 valence electrons. The molecule has 1 aromatic carbocycles. The first-order valence-electron chi connectivity index (χ1n) is 6.08. The fraction of sp³-hybridized carbons (Fsp3) is 0.286. The Bertz CT molecular complexity index is 593. The largest absolute Gasteiger partial charge is 0.465 e. The van der Waals surface area contributed by atoms with Crippen molar-refractivity contribution < 1.29 is 13.9 Å². The van der Waals surface area contributed by atoms with Crippen molar-refractivity contribution in [3.63, 3.8) is 0 Å². The molecule has 0 aliphatic heterocycles. The molecule has 0 aliphatic rings. The maximum atomic E-state index is 13.3. The van der Waals surface area contributed by atoms with Gasteiger partial charge in [0.1, 0.15) is 11.4 Å². The molecule has 0 spiro atoms. The van der Waals surface area contributed by atoms with Crippen molar-refractivity contribution in [2.75, 3.05) is 7.11 Å². The molecule has 0 amide bonds. The molecule has 0 saturated heterocycles. The van der Waals surface area contributed by atoms with Crippen LogP contribution in [0.25, 0.3) is 5.69 Å². The standard InChI is InChI=1S/C14H15FN2O2/c1-3-5-13-12(14(18)19-2)9-16-17(13)11-7-4-6-10(15)8-11/h4,6-9H,3,5H2,1-2H3. The molecular formula is C14H15FN2O2. The molecule has 19 heavy (non-hydrogen) atoms. The number of methoxy groups -OCH3 is 1. The number of nitrogens with zero attached hydrogens (tertiary/aromatic N) is 2. The number of carbonyl (C=O) groups excluding carboxylic acids is 1. The van der Waals surface area contributed by atoms with Gasteiger partial charge < -0.3 is 4.74 Å². The Balaban J connectivity index is 2.51. The molecule has 2 rings (SSSR count). The third-order valence-corrected chi connectivity index (χ3v) is 2.81. The first-order chi connectivity index (χ1) is 9.17. The molecule has 0 unspecified atom stereocenters. The quantitative estimate of drug-likeness (QED) is 0.796. The van der Waals surface area contributed by atoms with E-state index in [-0.39, 0.29) is 5.82 Å². The highest BCUT2D eigenvalue weighted by Crippen LogP contribution is 2.18. The molecule has 0 atom stereocenters. The van der Waals surface area contributed by atoms with Crippen LogP contribution in [0.15, 0.2) is 30.5 Å². The summed E-state index contributed by atoms with van der Waals surface area (Å²) in [5, 5.41) is 4.16. The van der Waals surface area contributed by atoms with Crippen LogP contribution in [0.3, 0.4) is 0 Å². The highest BCUT2D eigenvalue weighted by molar-refractivity contribution is 5.90. The van der Waals surface area contributed by atoms with Crippen molar-refractivity contribution in [1.82, 2.24) is 9.78 Å². The number of hydrogen-bond donors (Lipinski definition) is 0. The topological polar surface area (TPSA) is 44.1 Å². The van der Waals surface area contributed by atoms with Crippen LogP contribution in [0, 0.1) is 5.82 Å². The number of hydrogen-bond acceptors (Lipinski definition) is 3. The number of ether oxygens (including phenoxy) is 1. The van der Waals surface area contributed by atoms with E-state index in [0.717, 1.165) is 12.1 Å². The third-order valence-electron chi connectivity index (χ3n) is 2.81. The SMILES string of the molecule is CCCc1c(C(=O)OC)cnn1-c1cccc(F)c1. The molecule has 4 nitrogen and oxygen atoms in total. The Morgan fingerprint density at radius 1 is 1.47 bits per heavy atom. The lowest BCUT2D eigenvalue weighted by atomic mass is 10.1. The number of esters is 1. The second-order valence-corrected chi connectivity index (χ2v) is 4.14. The van der Waals surface area contributed by atoms with E-state index in [1.165, 1.54) is 25.4 Å². The monoisotopic (exact) mass is 262 g/mol. The van der Waals surface area contributed by atoms with E-state index >= 15 is 0 Å². The summed E-state index contributed by atoms with van der Waals surface area (Å²) in [7, 11) is 1.33. The van der Waals surface area contributed by atoms with Gasteiger partial charge in [0.05, 0.1) is 24.7 Å². The van der Waals surface area contributed by atoms with E-state index in [2.05, 4.69) is 5.10 Å². The molecular weight excluding hydrogens is 247 g/mol. The van der Waals surface area contributed by atoms with Crippen molar-refractivity contribution >= 4 is 5.97 Å². The van der Waals surface area contributed by atoms with E-state index < -0.39 is 5.97 Å². The average molecular weight is 262 g/mol. The van der Waals surface area contributed by atoms with Crippen LogP contribution in [-0.2, 0) is 11.2 Å². The van der Waals surface area contributed by atoms with Gasteiger partial charge >= 0.3 is 5.97 Å². The number of benzene rings is 1. The molecule has 2 aromatic rings. The van der Waals surface area contributed by atoms with Gasteiger partial charge in [-0.15, -0.1) is 0 Å². The van der Waals surface area contributed by atoms with E-state index in [4.69, 9.17) is 4.74 Å². The van der Waals surface area contributed by atoms with Gasteiger partial charge in [-0.1, -0.05) is 19.4 Å². The maximum Gasteiger partial charge on any atom is 0.341 e. The molecule has 0 bridgehead atoms. The Kier molecular flexibility index (Phi) is 3.94. The van der Waals surface area contributed by atoms with Gasteiger partial charge in [0.15, 0.2) is 0 Å². The van der Waals surface area contributed by atoms with E-state index in [1.54, 1.807) is 16.8 Å². The number of rotatable bonds is 4. The molecule has 0 N–H and O–H groups in total. The van der Waals surface area contributed by atoms with Crippen LogP contribution in [0.4, 0.5) is 4.39 Å². The highest BCUT2D eigenvalue weighted by Gasteiger charge is 2.18. The van der Waals surface area contributed by atoms with Crippen molar-refractivity contribution in [2.45, 2.75) is 19.8 Å². The van der Waals surface area contributed by atoms with Gasteiger partial charge in [-0.05, 0) is 24.6 Å². The summed E-state index contributed by atoms with van der Waals surface area (Å²) in [4.78, 5) is 11.7. The normalized spacial score (nSPS) is 10.5. The minimum absolute atomic E-state index is 0.338. The van der Waals surface area contributed by atoms with Crippen LogP contribution in [0.2, 0.25) is 0 Å². The van der Waals surface area contributed by atoms with Gasteiger partial charge in [-0.25, -0.2) is 13.9 Å². The Morgan fingerprint density at radius 2 is 2.26 bits per heavy atom. The summed E-state index contributed by atoms with van der Waals surface area (Å²) in [5.41, 5.74) is 1.76. The fourth-order valence-corrected chi connectivity index (χ4v) is 1.96. The summed E-state index contributed by atoms with van der Waals surface area (Å²) in [6.07, 6.45) is 2.98. The maximum absolute atomic E-state index is 13.3. The summed E-state index contributed by atoms with van der Waals surface area (Å²) in [6, 6.07) is 6.11. The van der Waals surface area contributed by atoms with E-state index in [0.29, 0.717) is 17.7 Å². The first kappa shape index (κ1) is 13.3. The Hall–Kier alpha value is -2.17. The van der Waals surface area contributed by atoms with Crippen molar-refractivity contribution in [3.05, 3.63) is 47.5 Å². The average Bonchev–Trinajstić information content (AvgIpc) is 2.82. The van der Waals surface area contributed by atoms with Gasteiger partial charge in [-0.3, -0.25) is 0 Å². The van der Waals surface area contributed by atoms with Crippen LogP contribution in [-0.4, -0.2) is 22.9 Å². The summed E-state index contributed by atoms with van der Waals surface area (Å²) in [5.74, 6) is -0.763. The minimum atomic E-state index is -0.425. The lowest BCUT2D eigenvalue weighted by Crippen LogP contribution is -2.08. The third kappa shape index (κ3) is 2.65. The summed E-state index contributed by atoms with van der Waals surface area (Å²) in [6.45, 7) is 2.00. The van der Waals surface area contributed by atoms with Gasteiger partial charge in [0.2, 0.25) is 0 Å². The van der Waals surface area contributed by atoms with Gasteiger partial charge in [0.25, 0.3) is 0 Å². The smallest absolute Gasteiger partial charge is 0.341 e. The Morgan fingerprint density at radius 3 is 2.89 bits per heavy atom. The summed E-state index contributed by atoms with van der Waals surface area (Å²) >= 11 is 0. The highest BCUT2D eigenvalue weighted by atomic mass is 19.1. The molecule has 0 aliphatic carbocycles. The number of halogens is 1. The van der Waals surface area contributed by atoms with Crippen LogP contribution in [0.5, 0.6) is 0 Å². The van der Waals surface area contributed by atoms with Crippen LogP contribution >= 0.6 is 0 Å². The van der Waals surface area contributed by atoms with Crippen molar-refractivity contribution in [3.8, 4) is 5.69 Å². The number of aromatic nitrogens is 2. The lowest BCUT2D eigenvalue weighted by molar-refractivity contribution is 0.0599. The van der Waals surface area contributed by atoms with Crippen molar-refractivity contribution in [2.24, 2.45) is 0 Å². The van der Waals surface area contributed by atoms with Gasteiger partial charge in [0, 0.05) is 0 Å². The molecule has 1 heterocycles. The molecule has 0 fully saturated rings. The molecule has 5 heteroatoms. The predicted molar refractivity (Wildman–Crippen MR) is 68.9 cm³/mol. The van der Waals surface area contributed by atoms with Crippen LogP contribution in [0.1, 0.15) is 29.4 Å². The summed E-state index contributed by atoms with van der Waals surface area (Å²) < 4.78 is 19.6. The zero-order valence-corrected chi connectivity index (χ0v) is 10.9. The molecule has 1 aromatic heterocycles. The second-order valence-electron chi connectivity index (χ2n) is 4.14. The predicted octanol–water partition coefficient (Wildman–Crippen LogP) is 2.75. The zero-order chi connectivity index (χ0) is 13.8. The minimum Gasteiger partial charge on any atom is -0.465 e.